The average molecular weight is 342 g/mol. The van der Waals surface area contributed by atoms with E-state index in [1.165, 1.54) is 57.8 Å². The summed E-state index contributed by atoms with van der Waals surface area (Å²) in [5.74, 6) is -0.337. The van der Waals surface area contributed by atoms with Crippen LogP contribution in [0.3, 0.4) is 0 Å². The van der Waals surface area contributed by atoms with Crippen LogP contribution in [0.25, 0.3) is 0 Å². The van der Waals surface area contributed by atoms with E-state index in [0.717, 1.165) is 32.2 Å². The number of amides is 1. The minimum absolute atomic E-state index is 0.141. The SMILES string of the molecule is CCC(C)C(=O)NCCCCCCCCCCCCCCC(=O)O. The molecule has 0 aromatic heterocycles. The third kappa shape index (κ3) is 15.8. The predicted molar refractivity (Wildman–Crippen MR) is 100 cm³/mol. The molecule has 0 aliphatic carbocycles. The molecule has 0 saturated heterocycles. The minimum atomic E-state index is -0.673. The molecule has 2 N–H and O–H groups in total. The molecule has 0 aliphatic rings. The summed E-state index contributed by atoms with van der Waals surface area (Å²) in [6.07, 6.45) is 15.7. The maximum Gasteiger partial charge on any atom is 0.303 e. The Morgan fingerprint density at radius 3 is 1.62 bits per heavy atom. The molecule has 0 saturated carbocycles. The number of hydrogen-bond donors (Lipinski definition) is 2. The summed E-state index contributed by atoms with van der Waals surface area (Å²) in [6, 6.07) is 0. The van der Waals surface area contributed by atoms with Crippen LogP contribution in [0.2, 0.25) is 0 Å². The van der Waals surface area contributed by atoms with Crippen molar-refractivity contribution in [2.24, 2.45) is 5.92 Å². The minimum Gasteiger partial charge on any atom is -0.481 e. The van der Waals surface area contributed by atoms with E-state index in [2.05, 4.69) is 5.32 Å². The van der Waals surface area contributed by atoms with Gasteiger partial charge < -0.3 is 10.4 Å². The Labute approximate surface area is 148 Å². The number of rotatable bonds is 17. The van der Waals surface area contributed by atoms with Gasteiger partial charge in [0.2, 0.25) is 5.91 Å². The smallest absolute Gasteiger partial charge is 0.303 e. The van der Waals surface area contributed by atoms with Gasteiger partial charge in [0.05, 0.1) is 0 Å². The van der Waals surface area contributed by atoms with E-state index in [1.54, 1.807) is 0 Å². The van der Waals surface area contributed by atoms with Gasteiger partial charge in [-0.05, 0) is 19.3 Å². The molecule has 1 amide bonds. The van der Waals surface area contributed by atoms with E-state index < -0.39 is 5.97 Å². The fraction of sp³-hybridized carbons (Fsp3) is 0.900. The summed E-state index contributed by atoms with van der Waals surface area (Å²) in [7, 11) is 0. The molecule has 0 aromatic carbocycles. The summed E-state index contributed by atoms with van der Waals surface area (Å²) in [5.41, 5.74) is 0. The first-order valence-corrected chi connectivity index (χ1v) is 10.1. The van der Waals surface area contributed by atoms with Crippen molar-refractivity contribution in [3.8, 4) is 0 Å². The van der Waals surface area contributed by atoms with Crippen LogP contribution in [0.15, 0.2) is 0 Å². The van der Waals surface area contributed by atoms with E-state index in [-0.39, 0.29) is 11.8 Å². The van der Waals surface area contributed by atoms with Gasteiger partial charge in [0.1, 0.15) is 0 Å². The zero-order valence-corrected chi connectivity index (χ0v) is 15.9. The number of hydrogen-bond acceptors (Lipinski definition) is 2. The maximum atomic E-state index is 11.6. The number of carbonyl (C=O) groups excluding carboxylic acids is 1. The largest absolute Gasteiger partial charge is 0.481 e. The van der Waals surface area contributed by atoms with Crippen molar-refractivity contribution in [2.75, 3.05) is 6.54 Å². The topological polar surface area (TPSA) is 66.4 Å². The molecular weight excluding hydrogens is 302 g/mol. The Morgan fingerprint density at radius 1 is 0.792 bits per heavy atom. The molecule has 0 radical (unpaired) electrons. The summed E-state index contributed by atoms with van der Waals surface area (Å²) >= 11 is 0. The lowest BCUT2D eigenvalue weighted by Gasteiger charge is -2.09. The lowest BCUT2D eigenvalue weighted by molar-refractivity contribution is -0.137. The van der Waals surface area contributed by atoms with E-state index in [0.29, 0.717) is 6.42 Å². The van der Waals surface area contributed by atoms with Gasteiger partial charge in [-0.1, -0.05) is 78.1 Å². The summed E-state index contributed by atoms with van der Waals surface area (Å²) in [4.78, 5) is 22.0. The average Bonchev–Trinajstić information content (AvgIpc) is 2.57. The van der Waals surface area contributed by atoms with Gasteiger partial charge in [-0.15, -0.1) is 0 Å². The molecule has 1 unspecified atom stereocenters. The van der Waals surface area contributed by atoms with Gasteiger partial charge in [-0.3, -0.25) is 9.59 Å². The Morgan fingerprint density at radius 2 is 1.21 bits per heavy atom. The van der Waals surface area contributed by atoms with Crippen molar-refractivity contribution < 1.29 is 14.7 Å². The van der Waals surface area contributed by atoms with Crippen LogP contribution >= 0.6 is 0 Å². The molecule has 0 spiro atoms. The van der Waals surface area contributed by atoms with Crippen LogP contribution in [-0.2, 0) is 9.59 Å². The van der Waals surface area contributed by atoms with Gasteiger partial charge >= 0.3 is 5.97 Å². The first kappa shape index (κ1) is 22.9. The Bertz CT molecular complexity index is 318. The van der Waals surface area contributed by atoms with Gasteiger partial charge in [0.25, 0.3) is 0 Å². The Hall–Kier alpha value is -1.06. The highest BCUT2D eigenvalue weighted by atomic mass is 16.4. The molecule has 0 fully saturated rings. The number of nitrogens with one attached hydrogen (secondary N) is 1. The van der Waals surface area contributed by atoms with Crippen LogP contribution in [0.5, 0.6) is 0 Å². The predicted octanol–water partition coefficient (Wildman–Crippen LogP) is 5.30. The van der Waals surface area contributed by atoms with Gasteiger partial charge in [0.15, 0.2) is 0 Å². The summed E-state index contributed by atoms with van der Waals surface area (Å²) < 4.78 is 0. The van der Waals surface area contributed by atoms with Crippen LogP contribution < -0.4 is 5.32 Å². The fourth-order valence-corrected chi connectivity index (χ4v) is 2.74. The molecule has 142 valence electrons. The summed E-state index contributed by atoms with van der Waals surface area (Å²) in [5, 5.41) is 11.6. The summed E-state index contributed by atoms with van der Waals surface area (Å²) in [6.45, 7) is 4.85. The zero-order valence-electron chi connectivity index (χ0n) is 15.9. The molecule has 4 heteroatoms. The van der Waals surface area contributed by atoms with E-state index in [4.69, 9.17) is 5.11 Å². The third-order valence-corrected chi connectivity index (χ3v) is 4.68. The van der Waals surface area contributed by atoms with Crippen LogP contribution in [0.1, 0.15) is 104 Å². The van der Waals surface area contributed by atoms with Crippen LogP contribution in [0.4, 0.5) is 0 Å². The number of aliphatic carboxylic acids is 1. The fourth-order valence-electron chi connectivity index (χ4n) is 2.74. The monoisotopic (exact) mass is 341 g/mol. The van der Waals surface area contributed by atoms with Crippen LogP contribution in [-0.4, -0.2) is 23.5 Å². The number of carboxylic acids is 1. The molecule has 0 rings (SSSR count). The quantitative estimate of drug-likeness (QED) is 0.353. The number of carboxylic acid groups (broad SMARTS) is 1. The highest BCUT2D eigenvalue weighted by Crippen LogP contribution is 2.12. The standard InChI is InChI=1S/C20H39NO3/c1-3-18(2)20(24)21-17-15-13-11-9-7-5-4-6-8-10-12-14-16-19(22)23/h18H,3-17H2,1-2H3,(H,21,24)(H,22,23). The van der Waals surface area contributed by atoms with Crippen molar-refractivity contribution in [2.45, 2.75) is 104 Å². The maximum absolute atomic E-state index is 11.6. The normalized spacial score (nSPS) is 12.1. The lowest BCUT2D eigenvalue weighted by Crippen LogP contribution is -2.29. The van der Waals surface area contributed by atoms with Crippen LogP contribution in [0, 0.1) is 5.92 Å². The zero-order chi connectivity index (χ0) is 18.0. The lowest BCUT2D eigenvalue weighted by atomic mass is 10.0. The highest BCUT2D eigenvalue weighted by molar-refractivity contribution is 5.78. The first-order chi connectivity index (χ1) is 11.6. The second-order valence-corrected chi connectivity index (χ2v) is 6.99. The van der Waals surface area contributed by atoms with Gasteiger partial charge in [0, 0.05) is 18.9 Å². The van der Waals surface area contributed by atoms with E-state index >= 15 is 0 Å². The first-order valence-electron chi connectivity index (χ1n) is 10.1. The van der Waals surface area contributed by atoms with Crippen molar-refractivity contribution in [3.63, 3.8) is 0 Å². The molecule has 1 atom stereocenters. The molecule has 0 aliphatic heterocycles. The molecular formula is C20H39NO3. The highest BCUT2D eigenvalue weighted by Gasteiger charge is 2.08. The van der Waals surface area contributed by atoms with Crippen molar-refractivity contribution in [1.29, 1.82) is 0 Å². The second kappa shape index (κ2) is 16.8. The Kier molecular flexibility index (Phi) is 16.0. The number of carbonyl (C=O) groups is 2. The van der Waals surface area contributed by atoms with Crippen molar-refractivity contribution in [1.82, 2.24) is 5.32 Å². The molecule has 4 nitrogen and oxygen atoms in total. The third-order valence-electron chi connectivity index (χ3n) is 4.68. The molecule has 0 heterocycles. The number of unbranched alkanes of at least 4 members (excludes halogenated alkanes) is 11. The Balaban J connectivity index is 3.13. The van der Waals surface area contributed by atoms with E-state index in [9.17, 15) is 9.59 Å². The second-order valence-electron chi connectivity index (χ2n) is 6.99. The van der Waals surface area contributed by atoms with Gasteiger partial charge in [-0.25, -0.2) is 0 Å². The van der Waals surface area contributed by atoms with Crippen molar-refractivity contribution >= 4 is 11.9 Å². The van der Waals surface area contributed by atoms with Gasteiger partial charge in [-0.2, -0.15) is 0 Å². The molecule has 0 aromatic rings. The van der Waals surface area contributed by atoms with Crippen molar-refractivity contribution in [3.05, 3.63) is 0 Å². The molecule has 0 bridgehead atoms. The van der Waals surface area contributed by atoms with E-state index in [1.807, 2.05) is 13.8 Å². The molecule has 24 heavy (non-hydrogen) atoms.